The number of halogens is 1. The highest BCUT2D eigenvalue weighted by molar-refractivity contribution is 9.10. The number of thioether (sulfide) groups is 1. The van der Waals surface area contributed by atoms with E-state index in [4.69, 9.17) is 14.6 Å². The Kier molecular flexibility index (Phi) is 6.37. The summed E-state index contributed by atoms with van der Waals surface area (Å²) in [5.74, 6) is -0.636. The van der Waals surface area contributed by atoms with E-state index in [0.717, 1.165) is 10.2 Å². The van der Waals surface area contributed by atoms with E-state index in [-0.39, 0.29) is 5.91 Å². The van der Waals surface area contributed by atoms with Gasteiger partial charge in [-0.25, -0.2) is 9.79 Å². The fraction of sp³-hybridized carbons (Fsp3) is 0.105. The molecule has 9 heteroatoms. The normalized spacial score (nSPS) is 16.3. The second kappa shape index (κ2) is 8.94. The predicted octanol–water partition coefficient (Wildman–Crippen LogP) is 3.81. The number of hydrogen-bond donors (Lipinski definition) is 2. The number of nitrogens with zero attached hydrogens (tertiary/aromatic N) is 1. The van der Waals surface area contributed by atoms with Crippen molar-refractivity contribution in [3.63, 3.8) is 0 Å². The highest BCUT2D eigenvalue weighted by atomic mass is 79.9. The molecule has 2 aromatic rings. The first-order chi connectivity index (χ1) is 13.4. The van der Waals surface area contributed by atoms with Crippen molar-refractivity contribution in [1.29, 1.82) is 0 Å². The predicted molar refractivity (Wildman–Crippen MR) is 111 cm³/mol. The average Bonchev–Trinajstić information content (AvgIpc) is 2.99. The van der Waals surface area contributed by atoms with Crippen molar-refractivity contribution < 1.29 is 24.2 Å². The van der Waals surface area contributed by atoms with Gasteiger partial charge in [0.05, 0.1) is 17.7 Å². The summed E-state index contributed by atoms with van der Waals surface area (Å²) in [5, 5.41) is 11.9. The van der Waals surface area contributed by atoms with Crippen LogP contribution in [0.25, 0.3) is 6.08 Å². The summed E-state index contributed by atoms with van der Waals surface area (Å²) in [4.78, 5) is 27.8. The zero-order valence-electron chi connectivity index (χ0n) is 14.6. The summed E-state index contributed by atoms with van der Waals surface area (Å²) in [6.45, 7) is -0.468. The van der Waals surface area contributed by atoms with Gasteiger partial charge in [0.25, 0.3) is 5.91 Å². The van der Waals surface area contributed by atoms with Crippen LogP contribution in [0.2, 0.25) is 0 Å². The third-order valence-corrected chi connectivity index (χ3v) is 4.93. The van der Waals surface area contributed by atoms with Gasteiger partial charge in [0.1, 0.15) is 0 Å². The number of methoxy groups -OCH3 is 1. The molecule has 1 amide bonds. The van der Waals surface area contributed by atoms with Crippen molar-refractivity contribution >= 4 is 56.5 Å². The van der Waals surface area contributed by atoms with Crippen molar-refractivity contribution in [3.05, 3.63) is 57.4 Å². The molecular formula is C19H15BrN2O5S. The summed E-state index contributed by atoms with van der Waals surface area (Å²) in [5.41, 5.74) is 1.43. The quantitative estimate of drug-likeness (QED) is 0.633. The first kappa shape index (κ1) is 20.0. The van der Waals surface area contributed by atoms with E-state index >= 15 is 0 Å². The van der Waals surface area contributed by atoms with Crippen molar-refractivity contribution in [2.24, 2.45) is 4.99 Å². The van der Waals surface area contributed by atoms with Crippen LogP contribution in [-0.2, 0) is 9.59 Å². The number of amidine groups is 1. The number of carboxylic acid groups (broad SMARTS) is 1. The fourth-order valence-electron chi connectivity index (χ4n) is 2.33. The molecule has 0 aliphatic carbocycles. The number of benzene rings is 2. The maximum Gasteiger partial charge on any atom is 0.341 e. The van der Waals surface area contributed by atoms with E-state index in [0.29, 0.717) is 27.1 Å². The van der Waals surface area contributed by atoms with Crippen LogP contribution in [0.4, 0.5) is 5.69 Å². The third kappa shape index (κ3) is 5.14. The van der Waals surface area contributed by atoms with Crippen LogP contribution in [0.3, 0.4) is 0 Å². The lowest BCUT2D eigenvalue weighted by Gasteiger charge is -2.09. The molecule has 0 aromatic heterocycles. The van der Waals surface area contributed by atoms with Crippen LogP contribution in [-0.4, -0.2) is 35.9 Å². The average molecular weight is 463 g/mol. The van der Waals surface area contributed by atoms with Crippen molar-refractivity contribution in [2.45, 2.75) is 0 Å². The van der Waals surface area contributed by atoms with Crippen LogP contribution >= 0.6 is 27.7 Å². The Labute approximate surface area is 173 Å². The van der Waals surface area contributed by atoms with Gasteiger partial charge in [-0.2, -0.15) is 0 Å². The topological polar surface area (TPSA) is 97.2 Å². The summed E-state index contributed by atoms with van der Waals surface area (Å²) in [6, 6.07) is 12.4. The number of carboxylic acids is 1. The Morgan fingerprint density at radius 3 is 2.82 bits per heavy atom. The standard InChI is InChI=1S/C19H15BrN2O5S/c1-26-15-7-11(5-6-14(15)27-10-17(23)24)8-16-18(25)22-19(28-16)21-13-4-2-3-12(20)9-13/h2-9H,10H2,1H3,(H,23,24)(H,21,22,25)/b16-8+. The lowest BCUT2D eigenvalue weighted by molar-refractivity contribution is -0.139. The molecule has 144 valence electrons. The number of nitrogens with one attached hydrogen (secondary N) is 1. The van der Waals surface area contributed by atoms with Crippen LogP contribution in [0.1, 0.15) is 5.56 Å². The molecule has 0 bridgehead atoms. The van der Waals surface area contributed by atoms with Crippen LogP contribution in [0, 0.1) is 0 Å². The molecule has 1 heterocycles. The van der Waals surface area contributed by atoms with Crippen molar-refractivity contribution in [1.82, 2.24) is 5.32 Å². The maximum atomic E-state index is 12.2. The second-order valence-corrected chi connectivity index (χ2v) is 7.50. The van der Waals surface area contributed by atoms with E-state index in [1.54, 1.807) is 24.3 Å². The van der Waals surface area contributed by atoms with Gasteiger partial charge in [-0.1, -0.05) is 28.1 Å². The fourth-order valence-corrected chi connectivity index (χ4v) is 3.56. The molecular weight excluding hydrogens is 448 g/mol. The van der Waals surface area contributed by atoms with Gasteiger partial charge in [0.15, 0.2) is 23.3 Å². The molecule has 1 saturated heterocycles. The zero-order valence-corrected chi connectivity index (χ0v) is 17.0. The van der Waals surface area contributed by atoms with E-state index in [2.05, 4.69) is 26.2 Å². The van der Waals surface area contributed by atoms with E-state index < -0.39 is 12.6 Å². The van der Waals surface area contributed by atoms with Gasteiger partial charge in [0.2, 0.25) is 0 Å². The summed E-state index contributed by atoms with van der Waals surface area (Å²) >= 11 is 4.62. The maximum absolute atomic E-state index is 12.2. The number of aliphatic carboxylic acids is 1. The molecule has 0 atom stereocenters. The number of amides is 1. The van der Waals surface area contributed by atoms with E-state index in [9.17, 15) is 9.59 Å². The van der Waals surface area contributed by atoms with Gasteiger partial charge in [-0.3, -0.25) is 4.79 Å². The summed E-state index contributed by atoms with van der Waals surface area (Å²) < 4.78 is 11.3. The van der Waals surface area contributed by atoms with Gasteiger partial charge < -0.3 is 19.9 Å². The Morgan fingerprint density at radius 2 is 2.11 bits per heavy atom. The van der Waals surface area contributed by atoms with Gasteiger partial charge in [0, 0.05) is 4.47 Å². The SMILES string of the molecule is COc1cc(/C=C2/SC(=Nc3cccc(Br)c3)NC2=O)ccc1OCC(=O)O. The highest BCUT2D eigenvalue weighted by Crippen LogP contribution is 2.32. The molecule has 0 spiro atoms. The number of rotatable bonds is 6. The minimum atomic E-state index is -1.08. The number of carbonyl (C=O) groups is 2. The molecule has 28 heavy (non-hydrogen) atoms. The molecule has 3 rings (SSSR count). The first-order valence-electron chi connectivity index (χ1n) is 8.02. The van der Waals surface area contributed by atoms with Gasteiger partial charge in [-0.15, -0.1) is 0 Å². The number of ether oxygens (including phenoxy) is 2. The minimum absolute atomic E-state index is 0.246. The van der Waals surface area contributed by atoms with Crippen LogP contribution in [0.5, 0.6) is 11.5 Å². The minimum Gasteiger partial charge on any atom is -0.493 e. The lowest BCUT2D eigenvalue weighted by atomic mass is 10.2. The smallest absolute Gasteiger partial charge is 0.341 e. The first-order valence-corrected chi connectivity index (χ1v) is 9.63. The van der Waals surface area contributed by atoms with E-state index in [1.165, 1.54) is 18.9 Å². The van der Waals surface area contributed by atoms with Gasteiger partial charge in [-0.05, 0) is 53.7 Å². The van der Waals surface area contributed by atoms with Crippen LogP contribution < -0.4 is 14.8 Å². The zero-order chi connectivity index (χ0) is 20.1. The van der Waals surface area contributed by atoms with Gasteiger partial charge >= 0.3 is 5.97 Å². The largest absolute Gasteiger partial charge is 0.493 e. The number of aliphatic imine (C=N–C) groups is 1. The monoisotopic (exact) mass is 462 g/mol. The molecule has 1 fully saturated rings. The Balaban J connectivity index is 1.79. The van der Waals surface area contributed by atoms with Crippen molar-refractivity contribution in [3.8, 4) is 11.5 Å². The highest BCUT2D eigenvalue weighted by Gasteiger charge is 2.24. The molecule has 7 nitrogen and oxygen atoms in total. The second-order valence-electron chi connectivity index (χ2n) is 5.55. The number of hydrogen-bond acceptors (Lipinski definition) is 6. The molecule has 0 unspecified atom stereocenters. The Morgan fingerprint density at radius 1 is 1.29 bits per heavy atom. The molecule has 2 aromatic carbocycles. The van der Waals surface area contributed by atoms with E-state index in [1.807, 2.05) is 24.3 Å². The molecule has 1 aliphatic heterocycles. The van der Waals surface area contributed by atoms with Crippen LogP contribution in [0.15, 0.2) is 56.8 Å². The summed E-state index contributed by atoms with van der Waals surface area (Å²) in [6.07, 6.45) is 1.70. The summed E-state index contributed by atoms with van der Waals surface area (Å²) in [7, 11) is 1.46. The Bertz CT molecular complexity index is 990. The molecule has 0 radical (unpaired) electrons. The van der Waals surface area contributed by atoms with Crippen molar-refractivity contribution in [2.75, 3.05) is 13.7 Å². The molecule has 1 aliphatic rings. The third-order valence-electron chi connectivity index (χ3n) is 3.53. The number of carbonyl (C=O) groups excluding carboxylic acids is 1. The lowest BCUT2D eigenvalue weighted by Crippen LogP contribution is -2.19. The molecule has 2 N–H and O–H groups in total. The Hall–Kier alpha value is -2.78. The molecule has 0 saturated carbocycles.